The number of rotatable bonds is 7. The topological polar surface area (TPSA) is 58.1 Å². The molecule has 1 fully saturated rings. The van der Waals surface area contributed by atoms with E-state index in [9.17, 15) is 4.79 Å². The molecular formula is C16H26N4O. The van der Waals surface area contributed by atoms with Crippen LogP contribution < -0.4 is 10.2 Å². The molecule has 1 N–H and O–H groups in total. The van der Waals surface area contributed by atoms with Crippen LogP contribution in [0.1, 0.15) is 51.9 Å². The van der Waals surface area contributed by atoms with Gasteiger partial charge in [-0.1, -0.05) is 26.2 Å². The second kappa shape index (κ2) is 8.60. The summed E-state index contributed by atoms with van der Waals surface area (Å²) in [7, 11) is 0. The minimum Gasteiger partial charge on any atom is -0.354 e. The van der Waals surface area contributed by atoms with Gasteiger partial charge < -0.3 is 10.2 Å². The molecule has 116 valence electrons. The zero-order chi connectivity index (χ0) is 14.9. The maximum atomic E-state index is 12.4. The third-order valence-corrected chi connectivity index (χ3v) is 3.94. The molecule has 5 heteroatoms. The van der Waals surface area contributed by atoms with Crippen LogP contribution in [-0.4, -0.2) is 35.0 Å². The number of aromatic nitrogens is 2. The molecule has 21 heavy (non-hydrogen) atoms. The summed E-state index contributed by atoms with van der Waals surface area (Å²) in [6, 6.07) is 1.68. The van der Waals surface area contributed by atoms with Gasteiger partial charge in [-0.2, -0.15) is 0 Å². The van der Waals surface area contributed by atoms with E-state index in [1.807, 2.05) is 4.90 Å². The molecule has 0 radical (unpaired) electrons. The molecule has 0 bridgehead atoms. The molecule has 1 saturated heterocycles. The molecule has 1 atom stereocenters. The SMILES string of the molecule is CCCCCCNC(=O)[C@H]1CCCCN1c1ncccn1. The lowest BCUT2D eigenvalue weighted by molar-refractivity contribution is -0.122. The molecule has 0 saturated carbocycles. The number of nitrogens with zero attached hydrogens (tertiary/aromatic N) is 3. The van der Waals surface area contributed by atoms with Gasteiger partial charge in [0.25, 0.3) is 0 Å². The maximum absolute atomic E-state index is 12.4. The maximum Gasteiger partial charge on any atom is 0.242 e. The number of hydrogen-bond acceptors (Lipinski definition) is 4. The van der Waals surface area contributed by atoms with Crippen LogP contribution in [0.25, 0.3) is 0 Å². The highest BCUT2D eigenvalue weighted by atomic mass is 16.2. The minimum absolute atomic E-state index is 0.118. The smallest absolute Gasteiger partial charge is 0.242 e. The second-order valence-corrected chi connectivity index (χ2v) is 5.61. The van der Waals surface area contributed by atoms with E-state index in [4.69, 9.17) is 0 Å². The summed E-state index contributed by atoms with van der Waals surface area (Å²) >= 11 is 0. The van der Waals surface area contributed by atoms with Crippen molar-refractivity contribution in [1.29, 1.82) is 0 Å². The Bertz CT molecular complexity index is 424. The predicted octanol–water partition coefficient (Wildman–Crippen LogP) is 2.53. The van der Waals surface area contributed by atoms with Gasteiger partial charge in [0.15, 0.2) is 0 Å². The van der Waals surface area contributed by atoms with E-state index in [1.54, 1.807) is 18.5 Å². The molecule has 0 spiro atoms. The summed E-state index contributed by atoms with van der Waals surface area (Å²) in [6.07, 6.45) is 11.3. The lowest BCUT2D eigenvalue weighted by atomic mass is 10.0. The monoisotopic (exact) mass is 290 g/mol. The van der Waals surface area contributed by atoms with Crippen LogP contribution in [0.15, 0.2) is 18.5 Å². The van der Waals surface area contributed by atoms with E-state index in [-0.39, 0.29) is 11.9 Å². The molecule has 1 aromatic rings. The van der Waals surface area contributed by atoms with E-state index in [0.29, 0.717) is 5.95 Å². The van der Waals surface area contributed by atoms with Crippen LogP contribution in [0.2, 0.25) is 0 Å². The molecule has 0 aromatic carbocycles. The first-order chi connectivity index (χ1) is 10.3. The molecule has 1 amide bonds. The first-order valence-electron chi connectivity index (χ1n) is 8.14. The average Bonchev–Trinajstić information content (AvgIpc) is 2.55. The van der Waals surface area contributed by atoms with Crippen LogP contribution in [0, 0.1) is 0 Å². The van der Waals surface area contributed by atoms with Crippen LogP contribution >= 0.6 is 0 Å². The third-order valence-electron chi connectivity index (χ3n) is 3.94. The predicted molar refractivity (Wildman–Crippen MR) is 84.2 cm³/mol. The Morgan fingerprint density at radius 3 is 2.86 bits per heavy atom. The second-order valence-electron chi connectivity index (χ2n) is 5.61. The molecule has 1 aromatic heterocycles. The van der Waals surface area contributed by atoms with Gasteiger partial charge in [-0.05, 0) is 31.7 Å². The van der Waals surface area contributed by atoms with Gasteiger partial charge in [-0.15, -0.1) is 0 Å². The fourth-order valence-electron chi connectivity index (χ4n) is 2.76. The van der Waals surface area contributed by atoms with Crippen molar-refractivity contribution in [3.05, 3.63) is 18.5 Å². The zero-order valence-corrected chi connectivity index (χ0v) is 12.9. The largest absolute Gasteiger partial charge is 0.354 e. The number of amides is 1. The van der Waals surface area contributed by atoms with Gasteiger partial charge in [-0.3, -0.25) is 4.79 Å². The first kappa shape index (κ1) is 15.7. The molecule has 5 nitrogen and oxygen atoms in total. The Labute approximate surface area is 127 Å². The summed E-state index contributed by atoms with van der Waals surface area (Å²) in [5, 5.41) is 3.07. The Morgan fingerprint density at radius 2 is 2.10 bits per heavy atom. The van der Waals surface area contributed by atoms with Gasteiger partial charge >= 0.3 is 0 Å². The van der Waals surface area contributed by atoms with Crippen molar-refractivity contribution >= 4 is 11.9 Å². The van der Waals surface area contributed by atoms with Gasteiger partial charge in [0.1, 0.15) is 6.04 Å². The van der Waals surface area contributed by atoms with Gasteiger partial charge in [0, 0.05) is 25.5 Å². The van der Waals surface area contributed by atoms with E-state index in [1.165, 1.54) is 19.3 Å². The van der Waals surface area contributed by atoms with E-state index >= 15 is 0 Å². The number of hydrogen-bond donors (Lipinski definition) is 1. The molecule has 0 unspecified atom stereocenters. The summed E-state index contributed by atoms with van der Waals surface area (Å²) in [6.45, 7) is 3.83. The van der Waals surface area contributed by atoms with Gasteiger partial charge in [-0.25, -0.2) is 9.97 Å². The standard InChI is InChI=1S/C16H26N4O/c1-2-3-4-6-10-17-15(21)14-9-5-7-13-20(14)16-18-11-8-12-19-16/h8,11-12,14H,2-7,9-10,13H2,1H3,(H,17,21)/t14-/m1/s1. The summed E-state index contributed by atoms with van der Waals surface area (Å²) in [5.74, 6) is 0.794. The molecular weight excluding hydrogens is 264 g/mol. The molecule has 2 rings (SSSR count). The summed E-state index contributed by atoms with van der Waals surface area (Å²) < 4.78 is 0. The Hall–Kier alpha value is -1.65. The number of piperidine rings is 1. The molecule has 0 aliphatic carbocycles. The number of nitrogens with one attached hydrogen (secondary N) is 1. The Kier molecular flexibility index (Phi) is 6.44. The first-order valence-corrected chi connectivity index (χ1v) is 8.14. The minimum atomic E-state index is -0.118. The number of unbranched alkanes of at least 4 members (excludes halogenated alkanes) is 3. The van der Waals surface area contributed by atoms with Crippen molar-refractivity contribution in [3.63, 3.8) is 0 Å². The van der Waals surface area contributed by atoms with Crippen molar-refractivity contribution in [2.45, 2.75) is 57.9 Å². The quantitative estimate of drug-likeness (QED) is 0.784. The Morgan fingerprint density at radius 1 is 1.29 bits per heavy atom. The zero-order valence-electron chi connectivity index (χ0n) is 12.9. The third kappa shape index (κ3) is 4.69. The fourth-order valence-corrected chi connectivity index (χ4v) is 2.76. The number of anilines is 1. The molecule has 1 aliphatic rings. The lowest BCUT2D eigenvalue weighted by Crippen LogP contribution is -2.50. The van der Waals surface area contributed by atoms with Crippen LogP contribution in [0.5, 0.6) is 0 Å². The highest BCUT2D eigenvalue weighted by molar-refractivity contribution is 5.84. The van der Waals surface area contributed by atoms with Gasteiger partial charge in [0.05, 0.1) is 0 Å². The van der Waals surface area contributed by atoms with Crippen molar-refractivity contribution in [2.75, 3.05) is 18.0 Å². The summed E-state index contributed by atoms with van der Waals surface area (Å²) in [4.78, 5) is 23.0. The van der Waals surface area contributed by atoms with E-state index in [2.05, 4.69) is 22.2 Å². The van der Waals surface area contributed by atoms with Crippen LogP contribution in [-0.2, 0) is 4.79 Å². The highest BCUT2D eigenvalue weighted by Crippen LogP contribution is 2.21. The number of carbonyl (C=O) groups is 1. The average molecular weight is 290 g/mol. The number of carbonyl (C=O) groups excluding carboxylic acids is 1. The van der Waals surface area contributed by atoms with Crippen molar-refractivity contribution in [3.8, 4) is 0 Å². The summed E-state index contributed by atoms with van der Waals surface area (Å²) in [5.41, 5.74) is 0. The molecule has 1 aliphatic heterocycles. The normalized spacial score (nSPS) is 18.5. The van der Waals surface area contributed by atoms with Crippen molar-refractivity contribution in [1.82, 2.24) is 15.3 Å². The van der Waals surface area contributed by atoms with Crippen LogP contribution in [0.3, 0.4) is 0 Å². The van der Waals surface area contributed by atoms with Crippen LogP contribution in [0.4, 0.5) is 5.95 Å². The fraction of sp³-hybridized carbons (Fsp3) is 0.688. The van der Waals surface area contributed by atoms with E-state index in [0.717, 1.165) is 38.8 Å². The molecule has 2 heterocycles. The lowest BCUT2D eigenvalue weighted by Gasteiger charge is -2.34. The van der Waals surface area contributed by atoms with Crippen molar-refractivity contribution < 1.29 is 4.79 Å². The van der Waals surface area contributed by atoms with E-state index < -0.39 is 0 Å². The van der Waals surface area contributed by atoms with Crippen molar-refractivity contribution in [2.24, 2.45) is 0 Å². The highest BCUT2D eigenvalue weighted by Gasteiger charge is 2.29. The van der Waals surface area contributed by atoms with Gasteiger partial charge in [0.2, 0.25) is 11.9 Å². The Balaban J connectivity index is 1.88.